The largest absolute Gasteiger partial charge is 0.455 e. The summed E-state index contributed by atoms with van der Waals surface area (Å²) in [6.07, 6.45) is 3.11. The first-order chi connectivity index (χ1) is 14.8. The standard InChI is InChI=1S/C17H16N6O7S/c1-18-13-5-4-12(7-14(13)23(25)26)31(27,28)20-9-16(24)29-10-15-21-17(22-30-15)11-3-2-6-19-8-11/h2-8,18,20H,9-10H2,1H3. The van der Waals surface area contributed by atoms with Crippen molar-refractivity contribution in [3.63, 3.8) is 0 Å². The fourth-order valence-corrected chi connectivity index (χ4v) is 3.39. The van der Waals surface area contributed by atoms with Gasteiger partial charge in [0.2, 0.25) is 15.8 Å². The van der Waals surface area contributed by atoms with Gasteiger partial charge in [-0.3, -0.25) is 19.9 Å². The Morgan fingerprint density at radius 2 is 2.13 bits per heavy atom. The number of benzene rings is 1. The second kappa shape index (κ2) is 9.27. The van der Waals surface area contributed by atoms with Gasteiger partial charge < -0.3 is 14.6 Å². The van der Waals surface area contributed by atoms with E-state index in [-0.39, 0.29) is 28.9 Å². The van der Waals surface area contributed by atoms with E-state index in [0.717, 1.165) is 6.07 Å². The molecule has 0 atom stereocenters. The molecule has 31 heavy (non-hydrogen) atoms. The number of esters is 1. The van der Waals surface area contributed by atoms with Crippen molar-refractivity contribution in [2.45, 2.75) is 11.5 Å². The molecule has 0 aliphatic rings. The van der Waals surface area contributed by atoms with Gasteiger partial charge in [0, 0.05) is 31.1 Å². The van der Waals surface area contributed by atoms with E-state index in [1.807, 2.05) is 4.72 Å². The first-order valence-electron chi connectivity index (χ1n) is 8.64. The summed E-state index contributed by atoms with van der Waals surface area (Å²) < 4.78 is 36.6. The molecule has 1 aromatic carbocycles. The van der Waals surface area contributed by atoms with Gasteiger partial charge in [0.1, 0.15) is 12.2 Å². The second-order valence-electron chi connectivity index (χ2n) is 5.92. The van der Waals surface area contributed by atoms with Gasteiger partial charge >= 0.3 is 5.97 Å². The molecule has 0 radical (unpaired) electrons. The number of carbonyl (C=O) groups is 1. The van der Waals surface area contributed by atoms with E-state index in [2.05, 4.69) is 20.4 Å². The molecule has 0 aliphatic heterocycles. The Balaban J connectivity index is 1.57. The van der Waals surface area contributed by atoms with Crippen molar-refractivity contribution in [2.75, 3.05) is 18.9 Å². The average Bonchev–Trinajstić information content (AvgIpc) is 3.25. The molecule has 0 aliphatic carbocycles. The highest BCUT2D eigenvalue weighted by molar-refractivity contribution is 7.89. The van der Waals surface area contributed by atoms with Crippen molar-refractivity contribution in [3.05, 3.63) is 58.7 Å². The number of pyridine rings is 1. The zero-order valence-electron chi connectivity index (χ0n) is 16.0. The van der Waals surface area contributed by atoms with Crippen LogP contribution in [0.3, 0.4) is 0 Å². The summed E-state index contributed by atoms with van der Waals surface area (Å²) in [6.45, 7) is -1.07. The Labute approximate surface area is 175 Å². The molecular weight excluding hydrogens is 432 g/mol. The monoisotopic (exact) mass is 448 g/mol. The van der Waals surface area contributed by atoms with Crippen LogP contribution in [0.4, 0.5) is 11.4 Å². The topological polar surface area (TPSA) is 179 Å². The molecule has 3 rings (SSSR count). The maximum absolute atomic E-state index is 12.3. The third-order valence-corrected chi connectivity index (χ3v) is 5.30. The number of aromatic nitrogens is 3. The zero-order valence-corrected chi connectivity index (χ0v) is 16.8. The maximum Gasteiger partial charge on any atom is 0.321 e. The highest BCUT2D eigenvalue weighted by Crippen LogP contribution is 2.27. The van der Waals surface area contributed by atoms with Crippen LogP contribution in [-0.2, 0) is 26.2 Å². The van der Waals surface area contributed by atoms with Crippen LogP contribution in [0.5, 0.6) is 0 Å². The van der Waals surface area contributed by atoms with Crippen LogP contribution >= 0.6 is 0 Å². The van der Waals surface area contributed by atoms with Gasteiger partial charge in [-0.1, -0.05) is 5.16 Å². The Kier molecular flexibility index (Phi) is 6.52. The highest BCUT2D eigenvalue weighted by atomic mass is 32.2. The maximum atomic E-state index is 12.3. The van der Waals surface area contributed by atoms with Gasteiger partial charge in [0.15, 0.2) is 6.61 Å². The molecule has 0 saturated heterocycles. The van der Waals surface area contributed by atoms with E-state index in [0.29, 0.717) is 5.56 Å². The predicted octanol–water partition coefficient (Wildman–Crippen LogP) is 1.10. The minimum absolute atomic E-state index is 0.00772. The molecule has 0 unspecified atom stereocenters. The predicted molar refractivity (Wildman–Crippen MR) is 105 cm³/mol. The molecule has 14 heteroatoms. The molecule has 162 valence electrons. The van der Waals surface area contributed by atoms with Gasteiger partial charge in [-0.05, 0) is 24.3 Å². The number of nitro groups is 1. The van der Waals surface area contributed by atoms with Crippen molar-refractivity contribution in [1.82, 2.24) is 19.8 Å². The molecule has 3 aromatic rings. The molecule has 2 N–H and O–H groups in total. The summed E-state index contributed by atoms with van der Waals surface area (Å²) in [5.41, 5.74) is 0.331. The van der Waals surface area contributed by atoms with Gasteiger partial charge in [-0.2, -0.15) is 9.71 Å². The van der Waals surface area contributed by atoms with Crippen LogP contribution in [0, 0.1) is 10.1 Å². The Bertz CT molecular complexity index is 1200. The van der Waals surface area contributed by atoms with E-state index in [9.17, 15) is 23.3 Å². The Morgan fingerprint density at radius 3 is 2.81 bits per heavy atom. The minimum Gasteiger partial charge on any atom is -0.455 e. The van der Waals surface area contributed by atoms with E-state index < -0.39 is 33.1 Å². The summed E-state index contributed by atoms with van der Waals surface area (Å²) in [5.74, 6) is -0.647. The molecular formula is C17H16N6O7S. The molecule has 0 fully saturated rings. The van der Waals surface area contributed by atoms with Crippen LogP contribution in [-0.4, -0.2) is 48.0 Å². The molecule has 0 saturated carbocycles. The lowest BCUT2D eigenvalue weighted by atomic mass is 10.3. The summed E-state index contributed by atoms with van der Waals surface area (Å²) in [4.78, 5) is 29.9. The highest BCUT2D eigenvalue weighted by Gasteiger charge is 2.22. The lowest BCUT2D eigenvalue weighted by Crippen LogP contribution is -2.30. The van der Waals surface area contributed by atoms with E-state index in [4.69, 9.17) is 9.26 Å². The first-order valence-corrected chi connectivity index (χ1v) is 10.1. The Hall–Kier alpha value is -3.91. The zero-order chi connectivity index (χ0) is 22.4. The average molecular weight is 448 g/mol. The quantitative estimate of drug-likeness (QED) is 0.272. The normalized spacial score (nSPS) is 11.1. The number of ether oxygens (including phenoxy) is 1. The molecule has 0 spiro atoms. The molecule has 2 heterocycles. The summed E-state index contributed by atoms with van der Waals surface area (Å²) in [6, 6.07) is 6.72. The Morgan fingerprint density at radius 1 is 1.32 bits per heavy atom. The first kappa shape index (κ1) is 21.8. The number of rotatable bonds is 9. The van der Waals surface area contributed by atoms with Crippen molar-refractivity contribution >= 4 is 27.4 Å². The van der Waals surface area contributed by atoms with Crippen LogP contribution in [0.2, 0.25) is 0 Å². The number of hydrogen-bond acceptors (Lipinski definition) is 11. The third-order valence-electron chi connectivity index (χ3n) is 3.90. The second-order valence-corrected chi connectivity index (χ2v) is 7.69. The number of anilines is 1. The SMILES string of the molecule is CNc1ccc(S(=O)(=O)NCC(=O)OCc2nc(-c3cccnc3)no2)cc1[N+](=O)[O-]. The van der Waals surface area contributed by atoms with Crippen LogP contribution in [0.25, 0.3) is 11.4 Å². The third kappa shape index (κ3) is 5.37. The van der Waals surface area contributed by atoms with Gasteiger partial charge in [-0.15, -0.1) is 0 Å². The number of nitro benzene ring substituents is 1. The number of nitrogens with one attached hydrogen (secondary N) is 2. The molecule has 13 nitrogen and oxygen atoms in total. The number of nitrogens with zero attached hydrogens (tertiary/aromatic N) is 4. The summed E-state index contributed by atoms with van der Waals surface area (Å²) in [7, 11) is -2.73. The van der Waals surface area contributed by atoms with Gasteiger partial charge in [0.05, 0.1) is 9.82 Å². The minimum atomic E-state index is -4.19. The molecule has 0 amide bonds. The van der Waals surface area contributed by atoms with Crippen LogP contribution < -0.4 is 10.0 Å². The number of sulfonamides is 1. The van der Waals surface area contributed by atoms with Crippen molar-refractivity contribution in [1.29, 1.82) is 0 Å². The molecule has 2 aromatic heterocycles. The van der Waals surface area contributed by atoms with Gasteiger partial charge in [-0.25, -0.2) is 8.42 Å². The van der Waals surface area contributed by atoms with E-state index in [1.54, 1.807) is 18.3 Å². The van der Waals surface area contributed by atoms with E-state index >= 15 is 0 Å². The van der Waals surface area contributed by atoms with Crippen LogP contribution in [0.15, 0.2) is 52.1 Å². The fraction of sp³-hybridized carbons (Fsp3) is 0.176. The number of hydrogen-bond donors (Lipinski definition) is 2. The van der Waals surface area contributed by atoms with Crippen LogP contribution in [0.1, 0.15) is 5.89 Å². The van der Waals surface area contributed by atoms with Crippen molar-refractivity contribution in [3.8, 4) is 11.4 Å². The van der Waals surface area contributed by atoms with Crippen molar-refractivity contribution < 1.29 is 27.4 Å². The summed E-state index contributed by atoms with van der Waals surface area (Å²) in [5, 5.41) is 17.4. The lowest BCUT2D eigenvalue weighted by Gasteiger charge is -2.08. The van der Waals surface area contributed by atoms with Crippen molar-refractivity contribution in [2.24, 2.45) is 0 Å². The smallest absolute Gasteiger partial charge is 0.321 e. The number of carbonyl (C=O) groups excluding carboxylic acids is 1. The van der Waals surface area contributed by atoms with Gasteiger partial charge in [0.25, 0.3) is 11.6 Å². The fourth-order valence-electron chi connectivity index (χ4n) is 2.40. The summed E-state index contributed by atoms with van der Waals surface area (Å²) >= 11 is 0. The lowest BCUT2D eigenvalue weighted by molar-refractivity contribution is -0.384. The van der Waals surface area contributed by atoms with E-state index in [1.165, 1.54) is 25.4 Å². The molecule has 0 bridgehead atoms.